The first-order chi connectivity index (χ1) is 12.3. The number of likely N-dealkylation sites (tertiary alicyclic amines) is 1. The molecule has 134 valence electrons. The molecule has 2 aliphatic heterocycles. The van der Waals surface area contributed by atoms with Crippen molar-refractivity contribution in [3.05, 3.63) is 35.9 Å². The molecular weight excluding hydrogens is 312 g/mol. The summed E-state index contributed by atoms with van der Waals surface area (Å²) >= 11 is 0. The van der Waals surface area contributed by atoms with E-state index < -0.39 is 0 Å². The molecule has 4 rings (SSSR count). The number of aromatic nitrogens is 1. The predicted octanol–water partition coefficient (Wildman–Crippen LogP) is 2.26. The summed E-state index contributed by atoms with van der Waals surface area (Å²) in [6.07, 6.45) is 2.54. The van der Waals surface area contributed by atoms with E-state index in [-0.39, 0.29) is 0 Å². The van der Waals surface area contributed by atoms with Gasteiger partial charge in [0.2, 0.25) is 0 Å². The van der Waals surface area contributed by atoms with Crippen LogP contribution in [-0.2, 0) is 11.3 Å². The summed E-state index contributed by atoms with van der Waals surface area (Å²) in [7, 11) is 2.21. The fourth-order valence-electron chi connectivity index (χ4n) is 3.92. The molecule has 5 nitrogen and oxygen atoms in total. The summed E-state index contributed by atoms with van der Waals surface area (Å²) < 4.78 is 5.52. The number of morpholine rings is 1. The standard InChI is InChI=1S/C20H28N4O/c1-23-8-4-6-18(15-23)21-14-17-13-16-5-2-3-7-19(16)22-20(17)24-9-11-25-12-10-24/h2-3,5,7,13,18,21H,4,6,8-12,14-15H2,1H3. The minimum Gasteiger partial charge on any atom is -0.378 e. The molecule has 1 atom stereocenters. The van der Waals surface area contributed by atoms with Crippen molar-refractivity contribution in [1.29, 1.82) is 0 Å². The van der Waals surface area contributed by atoms with Crippen molar-refractivity contribution >= 4 is 16.7 Å². The highest BCUT2D eigenvalue weighted by Crippen LogP contribution is 2.25. The number of rotatable bonds is 4. The summed E-state index contributed by atoms with van der Waals surface area (Å²) in [5.74, 6) is 1.12. The average Bonchev–Trinajstić information content (AvgIpc) is 2.66. The molecule has 0 saturated carbocycles. The van der Waals surface area contributed by atoms with Gasteiger partial charge in [-0.05, 0) is 38.6 Å². The lowest BCUT2D eigenvalue weighted by Crippen LogP contribution is -2.44. The number of hydrogen-bond acceptors (Lipinski definition) is 5. The Kier molecular flexibility index (Phi) is 5.15. The van der Waals surface area contributed by atoms with Crippen LogP contribution in [-0.4, -0.2) is 62.4 Å². The lowest BCUT2D eigenvalue weighted by molar-refractivity contribution is 0.122. The lowest BCUT2D eigenvalue weighted by Gasteiger charge is -2.32. The van der Waals surface area contributed by atoms with E-state index in [1.54, 1.807) is 0 Å². The van der Waals surface area contributed by atoms with Crippen LogP contribution in [0.5, 0.6) is 0 Å². The number of piperidine rings is 1. The molecule has 0 bridgehead atoms. The molecule has 2 aromatic rings. The zero-order valence-electron chi connectivity index (χ0n) is 15.1. The molecule has 0 amide bonds. The number of hydrogen-bond donors (Lipinski definition) is 1. The quantitative estimate of drug-likeness (QED) is 0.924. The summed E-state index contributed by atoms with van der Waals surface area (Å²) in [5, 5.41) is 4.99. The van der Waals surface area contributed by atoms with Crippen LogP contribution in [0.15, 0.2) is 30.3 Å². The smallest absolute Gasteiger partial charge is 0.133 e. The number of anilines is 1. The van der Waals surface area contributed by atoms with Gasteiger partial charge < -0.3 is 19.9 Å². The van der Waals surface area contributed by atoms with Gasteiger partial charge >= 0.3 is 0 Å². The van der Waals surface area contributed by atoms with Crippen LogP contribution in [0.1, 0.15) is 18.4 Å². The first kappa shape index (κ1) is 16.8. The molecule has 1 aromatic carbocycles. The lowest BCUT2D eigenvalue weighted by atomic mass is 10.1. The van der Waals surface area contributed by atoms with E-state index in [4.69, 9.17) is 9.72 Å². The Morgan fingerprint density at radius 3 is 2.88 bits per heavy atom. The van der Waals surface area contributed by atoms with Crippen molar-refractivity contribution in [2.24, 2.45) is 0 Å². The number of fused-ring (bicyclic) bond motifs is 1. The molecule has 1 N–H and O–H groups in total. The zero-order chi connectivity index (χ0) is 17.1. The number of ether oxygens (including phenoxy) is 1. The normalized spacial score (nSPS) is 22.4. The van der Waals surface area contributed by atoms with Gasteiger partial charge in [-0.15, -0.1) is 0 Å². The summed E-state index contributed by atoms with van der Waals surface area (Å²) in [6, 6.07) is 11.3. The second-order valence-electron chi connectivity index (χ2n) is 7.25. The SMILES string of the molecule is CN1CCCC(NCc2cc3ccccc3nc2N2CCOCC2)C1. The van der Waals surface area contributed by atoms with Crippen molar-refractivity contribution in [2.45, 2.75) is 25.4 Å². The van der Waals surface area contributed by atoms with Gasteiger partial charge in [0, 0.05) is 43.2 Å². The average molecular weight is 340 g/mol. The summed E-state index contributed by atoms with van der Waals surface area (Å²) in [6.45, 7) is 6.64. The molecule has 1 aromatic heterocycles. The Labute approximate surface area is 150 Å². The maximum atomic E-state index is 5.52. The van der Waals surface area contributed by atoms with Crippen LogP contribution in [0.25, 0.3) is 10.9 Å². The molecule has 2 saturated heterocycles. The second-order valence-corrected chi connectivity index (χ2v) is 7.25. The van der Waals surface area contributed by atoms with Crippen LogP contribution >= 0.6 is 0 Å². The maximum Gasteiger partial charge on any atom is 0.133 e. The van der Waals surface area contributed by atoms with E-state index in [1.165, 1.54) is 30.3 Å². The van der Waals surface area contributed by atoms with Crippen molar-refractivity contribution < 1.29 is 4.74 Å². The van der Waals surface area contributed by atoms with Gasteiger partial charge in [-0.1, -0.05) is 18.2 Å². The Morgan fingerprint density at radius 1 is 1.20 bits per heavy atom. The van der Waals surface area contributed by atoms with Crippen molar-refractivity contribution in [3.63, 3.8) is 0 Å². The summed E-state index contributed by atoms with van der Waals surface area (Å²) in [4.78, 5) is 9.79. The maximum absolute atomic E-state index is 5.52. The molecule has 0 spiro atoms. The minimum absolute atomic E-state index is 0.572. The molecular formula is C20H28N4O. The molecule has 0 aliphatic carbocycles. The Balaban J connectivity index is 1.58. The van der Waals surface area contributed by atoms with Crippen LogP contribution in [0.4, 0.5) is 5.82 Å². The van der Waals surface area contributed by atoms with Gasteiger partial charge in [0.25, 0.3) is 0 Å². The minimum atomic E-state index is 0.572. The van der Waals surface area contributed by atoms with Gasteiger partial charge in [0.15, 0.2) is 0 Å². The number of benzene rings is 1. The second kappa shape index (κ2) is 7.68. The molecule has 2 aliphatic rings. The summed E-state index contributed by atoms with van der Waals surface area (Å²) in [5.41, 5.74) is 2.37. The van der Waals surface area contributed by atoms with Gasteiger partial charge in [-0.25, -0.2) is 4.98 Å². The Morgan fingerprint density at radius 2 is 2.04 bits per heavy atom. The van der Waals surface area contributed by atoms with Crippen molar-refractivity contribution in [1.82, 2.24) is 15.2 Å². The third-order valence-corrected chi connectivity index (χ3v) is 5.30. The molecule has 1 unspecified atom stereocenters. The first-order valence-electron chi connectivity index (χ1n) is 9.43. The van der Waals surface area contributed by atoms with Gasteiger partial charge in [0.1, 0.15) is 5.82 Å². The van der Waals surface area contributed by atoms with E-state index in [0.29, 0.717) is 6.04 Å². The first-order valence-corrected chi connectivity index (χ1v) is 9.43. The highest BCUT2D eigenvalue weighted by atomic mass is 16.5. The third-order valence-electron chi connectivity index (χ3n) is 5.30. The number of pyridine rings is 1. The van der Waals surface area contributed by atoms with E-state index in [2.05, 4.69) is 52.5 Å². The van der Waals surface area contributed by atoms with E-state index in [9.17, 15) is 0 Å². The topological polar surface area (TPSA) is 40.6 Å². The number of para-hydroxylation sites is 1. The molecule has 3 heterocycles. The van der Waals surface area contributed by atoms with Crippen LogP contribution < -0.4 is 10.2 Å². The third kappa shape index (κ3) is 3.94. The van der Waals surface area contributed by atoms with Crippen molar-refractivity contribution in [3.8, 4) is 0 Å². The molecule has 25 heavy (non-hydrogen) atoms. The van der Waals surface area contributed by atoms with Crippen LogP contribution in [0.3, 0.4) is 0 Å². The monoisotopic (exact) mass is 340 g/mol. The van der Waals surface area contributed by atoms with Gasteiger partial charge in [0.05, 0.1) is 18.7 Å². The van der Waals surface area contributed by atoms with Gasteiger partial charge in [-0.3, -0.25) is 0 Å². The highest BCUT2D eigenvalue weighted by Gasteiger charge is 2.20. The van der Waals surface area contributed by atoms with Crippen LogP contribution in [0, 0.1) is 0 Å². The fourth-order valence-corrected chi connectivity index (χ4v) is 3.92. The number of likely N-dealkylation sites (N-methyl/N-ethyl adjacent to an activating group) is 1. The number of nitrogens with one attached hydrogen (secondary N) is 1. The fraction of sp³-hybridized carbons (Fsp3) is 0.550. The zero-order valence-corrected chi connectivity index (χ0v) is 15.1. The largest absolute Gasteiger partial charge is 0.378 e. The Hall–Kier alpha value is -1.69. The molecule has 0 radical (unpaired) electrons. The number of nitrogens with zero attached hydrogens (tertiary/aromatic N) is 3. The molecule has 5 heteroatoms. The van der Waals surface area contributed by atoms with E-state index >= 15 is 0 Å². The molecule has 2 fully saturated rings. The predicted molar refractivity (Wildman–Crippen MR) is 102 cm³/mol. The van der Waals surface area contributed by atoms with Crippen molar-refractivity contribution in [2.75, 3.05) is 51.3 Å². The highest BCUT2D eigenvalue weighted by molar-refractivity contribution is 5.81. The Bertz CT molecular complexity index is 714. The van der Waals surface area contributed by atoms with Crippen LogP contribution in [0.2, 0.25) is 0 Å². The van der Waals surface area contributed by atoms with E-state index in [1.807, 2.05) is 0 Å². The van der Waals surface area contributed by atoms with E-state index in [0.717, 1.165) is 50.7 Å². The van der Waals surface area contributed by atoms with Gasteiger partial charge in [-0.2, -0.15) is 0 Å².